The summed E-state index contributed by atoms with van der Waals surface area (Å²) >= 11 is 0. The second-order valence-corrected chi connectivity index (χ2v) is 5.37. The zero-order chi connectivity index (χ0) is 16.3. The molecule has 0 atom stereocenters. The molecular formula is C20H32O2. The van der Waals surface area contributed by atoms with Crippen LogP contribution in [-0.2, 0) is 4.79 Å². The van der Waals surface area contributed by atoms with E-state index >= 15 is 0 Å². The zero-order valence-electron chi connectivity index (χ0n) is 14.0. The Morgan fingerprint density at radius 2 is 1.18 bits per heavy atom. The molecule has 0 aliphatic heterocycles. The summed E-state index contributed by atoms with van der Waals surface area (Å²) in [6.45, 7) is 2.23. The number of carboxylic acid groups (broad SMARTS) is 1. The van der Waals surface area contributed by atoms with Crippen LogP contribution in [0.1, 0.15) is 71.1 Å². The zero-order valence-corrected chi connectivity index (χ0v) is 14.0. The number of hydrogen-bond donors (Lipinski definition) is 1. The van der Waals surface area contributed by atoms with Crippen LogP contribution in [0.2, 0.25) is 0 Å². The first kappa shape index (κ1) is 20.4. The van der Waals surface area contributed by atoms with Crippen LogP contribution in [0.25, 0.3) is 0 Å². The van der Waals surface area contributed by atoms with E-state index in [2.05, 4.69) is 55.5 Å². The second kappa shape index (κ2) is 17.5. The number of allylic oxidation sites excluding steroid dienone is 8. The molecule has 0 heterocycles. The van der Waals surface area contributed by atoms with Crippen LogP contribution in [0.15, 0.2) is 48.6 Å². The smallest absolute Gasteiger partial charge is 0.303 e. The van der Waals surface area contributed by atoms with Gasteiger partial charge in [0.05, 0.1) is 0 Å². The average molecular weight is 304 g/mol. The summed E-state index contributed by atoms with van der Waals surface area (Å²) in [4.78, 5) is 10.3. The fourth-order valence-electron chi connectivity index (χ4n) is 1.93. The normalized spacial score (nSPS) is 12.4. The van der Waals surface area contributed by atoms with Crippen molar-refractivity contribution in [3.63, 3.8) is 0 Å². The Hall–Kier alpha value is -1.57. The van der Waals surface area contributed by atoms with Gasteiger partial charge in [0.2, 0.25) is 0 Å². The Balaban J connectivity index is 3.40. The highest BCUT2D eigenvalue weighted by atomic mass is 16.4. The lowest BCUT2D eigenvalue weighted by atomic mass is 10.2. The van der Waals surface area contributed by atoms with Crippen molar-refractivity contribution < 1.29 is 9.90 Å². The SMILES string of the molecule is CCCCC/C=C\C/C=C\C/C=C/C/C=C\CCCC(=O)O. The predicted molar refractivity (Wildman–Crippen MR) is 96.0 cm³/mol. The molecule has 0 aromatic heterocycles. The molecule has 124 valence electrons. The predicted octanol–water partition coefficient (Wildman–Crippen LogP) is 6.22. The van der Waals surface area contributed by atoms with Crippen molar-refractivity contribution in [3.8, 4) is 0 Å². The van der Waals surface area contributed by atoms with Crippen molar-refractivity contribution >= 4 is 5.97 Å². The van der Waals surface area contributed by atoms with E-state index in [1.165, 1.54) is 25.7 Å². The molecule has 0 saturated carbocycles. The van der Waals surface area contributed by atoms with Crippen LogP contribution in [-0.4, -0.2) is 11.1 Å². The number of carboxylic acids is 1. The van der Waals surface area contributed by atoms with Crippen LogP contribution < -0.4 is 0 Å². The molecule has 1 N–H and O–H groups in total. The van der Waals surface area contributed by atoms with Gasteiger partial charge in [0.25, 0.3) is 0 Å². The molecule has 2 heteroatoms. The first-order valence-electron chi connectivity index (χ1n) is 8.59. The van der Waals surface area contributed by atoms with Gasteiger partial charge in [-0.3, -0.25) is 4.79 Å². The third kappa shape index (κ3) is 18.4. The van der Waals surface area contributed by atoms with Crippen molar-refractivity contribution in [3.05, 3.63) is 48.6 Å². The Bertz CT molecular complexity index is 362. The minimum absolute atomic E-state index is 0.262. The molecule has 0 spiro atoms. The van der Waals surface area contributed by atoms with Gasteiger partial charge < -0.3 is 5.11 Å². The van der Waals surface area contributed by atoms with Crippen LogP contribution in [0.4, 0.5) is 0 Å². The highest BCUT2D eigenvalue weighted by Crippen LogP contribution is 2.01. The highest BCUT2D eigenvalue weighted by molar-refractivity contribution is 5.66. The van der Waals surface area contributed by atoms with Gasteiger partial charge in [0.1, 0.15) is 0 Å². The highest BCUT2D eigenvalue weighted by Gasteiger charge is 1.92. The van der Waals surface area contributed by atoms with Gasteiger partial charge >= 0.3 is 5.97 Å². The summed E-state index contributed by atoms with van der Waals surface area (Å²) in [6, 6.07) is 0. The topological polar surface area (TPSA) is 37.3 Å². The molecule has 22 heavy (non-hydrogen) atoms. The largest absolute Gasteiger partial charge is 0.481 e. The van der Waals surface area contributed by atoms with E-state index in [4.69, 9.17) is 5.11 Å². The molecule has 0 fully saturated rings. The van der Waals surface area contributed by atoms with Gasteiger partial charge in [-0.15, -0.1) is 0 Å². The number of hydrogen-bond acceptors (Lipinski definition) is 1. The molecular weight excluding hydrogens is 272 g/mol. The number of rotatable bonds is 14. The van der Waals surface area contributed by atoms with Gasteiger partial charge in [0, 0.05) is 6.42 Å². The Kier molecular flexibility index (Phi) is 16.2. The number of unbranched alkanes of at least 4 members (excludes halogenated alkanes) is 4. The number of carbonyl (C=O) groups is 1. The molecule has 2 nitrogen and oxygen atoms in total. The fourth-order valence-corrected chi connectivity index (χ4v) is 1.93. The lowest BCUT2D eigenvalue weighted by molar-refractivity contribution is -0.137. The van der Waals surface area contributed by atoms with Gasteiger partial charge in [-0.2, -0.15) is 0 Å². The van der Waals surface area contributed by atoms with Gasteiger partial charge in [-0.25, -0.2) is 0 Å². The lowest BCUT2D eigenvalue weighted by Crippen LogP contribution is -1.92. The van der Waals surface area contributed by atoms with Crippen LogP contribution in [0.3, 0.4) is 0 Å². The summed E-state index contributed by atoms with van der Waals surface area (Å²) in [5.41, 5.74) is 0. The van der Waals surface area contributed by atoms with E-state index < -0.39 is 5.97 Å². The van der Waals surface area contributed by atoms with Crippen LogP contribution >= 0.6 is 0 Å². The lowest BCUT2D eigenvalue weighted by Gasteiger charge is -1.90. The quantitative estimate of drug-likeness (QED) is 0.305. The van der Waals surface area contributed by atoms with Gasteiger partial charge in [-0.1, -0.05) is 68.4 Å². The van der Waals surface area contributed by atoms with Crippen molar-refractivity contribution in [2.24, 2.45) is 0 Å². The van der Waals surface area contributed by atoms with Crippen molar-refractivity contribution in [1.82, 2.24) is 0 Å². The second-order valence-electron chi connectivity index (χ2n) is 5.37. The molecule has 0 aliphatic rings. The molecule has 0 aliphatic carbocycles. The molecule has 0 aromatic carbocycles. The van der Waals surface area contributed by atoms with Gasteiger partial charge in [0.15, 0.2) is 0 Å². The Morgan fingerprint density at radius 1 is 0.727 bits per heavy atom. The van der Waals surface area contributed by atoms with Crippen molar-refractivity contribution in [2.45, 2.75) is 71.1 Å². The van der Waals surface area contributed by atoms with E-state index in [0.717, 1.165) is 32.1 Å². The third-order valence-electron chi connectivity index (χ3n) is 3.22. The van der Waals surface area contributed by atoms with Crippen LogP contribution in [0.5, 0.6) is 0 Å². The van der Waals surface area contributed by atoms with E-state index in [1.54, 1.807) is 0 Å². The van der Waals surface area contributed by atoms with E-state index in [1.807, 2.05) is 0 Å². The average Bonchev–Trinajstić information content (AvgIpc) is 2.50. The first-order chi connectivity index (χ1) is 10.8. The van der Waals surface area contributed by atoms with E-state index in [-0.39, 0.29) is 6.42 Å². The summed E-state index contributed by atoms with van der Waals surface area (Å²) < 4.78 is 0. The van der Waals surface area contributed by atoms with Gasteiger partial charge in [-0.05, 0) is 44.9 Å². The Labute approximate surface area is 136 Å². The molecule has 0 aromatic rings. The minimum atomic E-state index is -0.712. The summed E-state index contributed by atoms with van der Waals surface area (Å²) in [7, 11) is 0. The maximum absolute atomic E-state index is 10.3. The summed E-state index contributed by atoms with van der Waals surface area (Å²) in [6.07, 6.45) is 27.3. The summed E-state index contributed by atoms with van der Waals surface area (Å²) in [5.74, 6) is -0.712. The van der Waals surface area contributed by atoms with Crippen molar-refractivity contribution in [2.75, 3.05) is 0 Å². The third-order valence-corrected chi connectivity index (χ3v) is 3.22. The van der Waals surface area contributed by atoms with E-state index in [0.29, 0.717) is 0 Å². The molecule has 0 bridgehead atoms. The number of aliphatic carboxylic acids is 1. The molecule has 0 saturated heterocycles. The Morgan fingerprint density at radius 3 is 1.64 bits per heavy atom. The first-order valence-corrected chi connectivity index (χ1v) is 8.59. The molecule has 0 radical (unpaired) electrons. The molecule has 0 rings (SSSR count). The maximum atomic E-state index is 10.3. The molecule has 0 amide bonds. The fraction of sp³-hybridized carbons (Fsp3) is 0.550. The minimum Gasteiger partial charge on any atom is -0.481 e. The standard InChI is InChI=1S/C20H32O2/c1-2-3-4-5-6-7-8-9-10-11-12-13-14-15-16-17-18-19-20(21)22/h6-7,9-10,12-13,15-16H,2-5,8,11,14,17-19H2,1H3,(H,21,22)/b7-6-,10-9-,13-12+,16-15-. The summed E-state index contributed by atoms with van der Waals surface area (Å²) in [5, 5.41) is 8.49. The van der Waals surface area contributed by atoms with Crippen molar-refractivity contribution in [1.29, 1.82) is 0 Å². The maximum Gasteiger partial charge on any atom is 0.303 e. The monoisotopic (exact) mass is 304 g/mol. The molecule has 0 unspecified atom stereocenters. The van der Waals surface area contributed by atoms with E-state index in [9.17, 15) is 4.79 Å². The van der Waals surface area contributed by atoms with Crippen LogP contribution in [0, 0.1) is 0 Å².